The number of aromatic amines is 1. The van der Waals surface area contributed by atoms with Crippen molar-refractivity contribution in [1.82, 2.24) is 15.1 Å². The van der Waals surface area contributed by atoms with Crippen LogP contribution in [0, 0.1) is 0 Å². The third-order valence-electron chi connectivity index (χ3n) is 4.83. The molecule has 1 aromatic heterocycles. The number of hydrogen-bond acceptors (Lipinski definition) is 5. The zero-order chi connectivity index (χ0) is 17.8. The van der Waals surface area contributed by atoms with Crippen molar-refractivity contribution in [3.8, 4) is 0 Å². The molecule has 1 atom stereocenters. The molecule has 1 aromatic carbocycles. The molecule has 0 saturated carbocycles. The Morgan fingerprint density at radius 2 is 2.27 bits per heavy atom. The molecule has 2 aliphatic heterocycles. The van der Waals surface area contributed by atoms with E-state index in [1.807, 2.05) is 40.9 Å². The smallest absolute Gasteiger partial charge is 0.254 e. The Morgan fingerprint density at radius 3 is 3.08 bits per heavy atom. The number of rotatable bonds is 4. The Bertz CT molecular complexity index is 791. The normalized spacial score (nSPS) is 20.2. The molecule has 5 nitrogen and oxygen atoms in total. The minimum Gasteiger partial charge on any atom is -0.338 e. The largest absolute Gasteiger partial charge is 0.338 e. The molecule has 1 unspecified atom stereocenters. The van der Waals surface area contributed by atoms with Gasteiger partial charge in [-0.05, 0) is 30.5 Å². The summed E-state index contributed by atoms with van der Waals surface area (Å²) < 4.78 is 1.14. The summed E-state index contributed by atoms with van der Waals surface area (Å²) in [6.07, 6.45) is 3.91. The van der Waals surface area contributed by atoms with E-state index < -0.39 is 0 Å². The topological polar surface area (TPSA) is 61.4 Å². The van der Waals surface area contributed by atoms with Crippen molar-refractivity contribution in [3.63, 3.8) is 0 Å². The van der Waals surface area contributed by atoms with E-state index in [1.54, 1.807) is 18.0 Å². The van der Waals surface area contributed by atoms with Gasteiger partial charge in [0.25, 0.3) is 5.91 Å². The molecule has 2 aliphatic rings. The van der Waals surface area contributed by atoms with Gasteiger partial charge in [-0.1, -0.05) is 41.7 Å². The van der Waals surface area contributed by atoms with E-state index in [0.717, 1.165) is 65.2 Å². The molecular weight excluding hydrogens is 364 g/mol. The minimum atomic E-state index is 0.145. The number of piperidine rings is 1. The number of aliphatic imine (C=N–C) groups is 1. The molecule has 2 aromatic rings. The fourth-order valence-electron chi connectivity index (χ4n) is 3.48. The second kappa shape index (κ2) is 8.31. The average Bonchev–Trinajstić information content (AvgIpc) is 3.40. The number of carbonyl (C=O) groups excluding carboxylic acids is 1. The number of carbonyl (C=O) groups is 1. The first-order chi connectivity index (χ1) is 12.8. The number of H-pyrrole nitrogens is 1. The highest BCUT2D eigenvalue weighted by atomic mass is 32.2. The van der Waals surface area contributed by atoms with Crippen LogP contribution in [-0.4, -0.2) is 50.8 Å². The Morgan fingerprint density at radius 1 is 1.35 bits per heavy atom. The maximum absolute atomic E-state index is 13.2. The number of aromatic nitrogens is 2. The number of benzene rings is 1. The predicted molar refractivity (Wildman–Crippen MR) is 109 cm³/mol. The molecule has 0 bridgehead atoms. The molecule has 1 fully saturated rings. The van der Waals surface area contributed by atoms with Crippen molar-refractivity contribution in [3.05, 3.63) is 53.3 Å². The van der Waals surface area contributed by atoms with E-state index in [1.165, 1.54) is 0 Å². The van der Waals surface area contributed by atoms with E-state index in [4.69, 9.17) is 0 Å². The number of thioether (sulfide) groups is 2. The van der Waals surface area contributed by atoms with Crippen LogP contribution in [0.4, 0.5) is 0 Å². The van der Waals surface area contributed by atoms with Gasteiger partial charge >= 0.3 is 0 Å². The third kappa shape index (κ3) is 3.99. The van der Waals surface area contributed by atoms with Gasteiger partial charge in [-0.15, -0.1) is 0 Å². The molecule has 1 N–H and O–H groups in total. The van der Waals surface area contributed by atoms with E-state index in [2.05, 4.69) is 21.3 Å². The average molecular weight is 387 g/mol. The fraction of sp³-hybridized carbons (Fsp3) is 0.421. The van der Waals surface area contributed by atoms with Crippen LogP contribution in [-0.2, 0) is 5.75 Å². The van der Waals surface area contributed by atoms with Crippen molar-refractivity contribution in [2.24, 2.45) is 4.99 Å². The first-order valence-electron chi connectivity index (χ1n) is 8.98. The summed E-state index contributed by atoms with van der Waals surface area (Å²) in [6, 6.07) is 10.0. The molecular formula is C19H22N4OS2. The number of likely N-dealkylation sites (tertiary alicyclic amines) is 1. The van der Waals surface area contributed by atoms with Gasteiger partial charge in [-0.2, -0.15) is 5.10 Å². The lowest BCUT2D eigenvalue weighted by Crippen LogP contribution is -2.39. The fourth-order valence-corrected chi connectivity index (χ4v) is 5.49. The van der Waals surface area contributed by atoms with E-state index in [0.29, 0.717) is 5.92 Å². The van der Waals surface area contributed by atoms with E-state index in [9.17, 15) is 4.79 Å². The summed E-state index contributed by atoms with van der Waals surface area (Å²) in [4.78, 5) is 19.7. The lowest BCUT2D eigenvalue weighted by atomic mass is 9.94. The zero-order valence-electron chi connectivity index (χ0n) is 14.6. The zero-order valence-corrected chi connectivity index (χ0v) is 16.2. The molecule has 0 spiro atoms. The van der Waals surface area contributed by atoms with Crippen molar-refractivity contribution >= 4 is 33.8 Å². The summed E-state index contributed by atoms with van der Waals surface area (Å²) in [5.74, 6) is 2.37. The van der Waals surface area contributed by atoms with Crippen LogP contribution in [0.2, 0.25) is 0 Å². The maximum Gasteiger partial charge on any atom is 0.254 e. The first-order valence-corrected chi connectivity index (χ1v) is 10.9. The summed E-state index contributed by atoms with van der Waals surface area (Å²) in [6.45, 7) is 2.49. The lowest BCUT2D eigenvalue weighted by molar-refractivity contribution is 0.0705. The van der Waals surface area contributed by atoms with Crippen LogP contribution in [0.1, 0.15) is 40.4 Å². The van der Waals surface area contributed by atoms with Gasteiger partial charge in [0.1, 0.15) is 4.38 Å². The SMILES string of the molecule is O=C(c1ccccc1CSC1=NCCS1)N1CCCC(c2ccn[nH]2)C1. The van der Waals surface area contributed by atoms with Crippen molar-refractivity contribution in [1.29, 1.82) is 0 Å². The van der Waals surface area contributed by atoms with Crippen LogP contribution < -0.4 is 0 Å². The predicted octanol–water partition coefficient (Wildman–Crippen LogP) is 3.77. The molecule has 136 valence electrons. The molecule has 4 rings (SSSR count). The van der Waals surface area contributed by atoms with Gasteiger partial charge in [-0.3, -0.25) is 14.9 Å². The highest BCUT2D eigenvalue weighted by Gasteiger charge is 2.27. The van der Waals surface area contributed by atoms with E-state index >= 15 is 0 Å². The number of amides is 1. The summed E-state index contributed by atoms with van der Waals surface area (Å²) in [5.41, 5.74) is 3.05. The quantitative estimate of drug-likeness (QED) is 0.869. The van der Waals surface area contributed by atoms with Gasteiger partial charge in [-0.25, -0.2) is 0 Å². The second-order valence-corrected chi connectivity index (χ2v) is 8.85. The Kier molecular flexibility index (Phi) is 5.65. The van der Waals surface area contributed by atoms with Crippen LogP contribution in [0.3, 0.4) is 0 Å². The standard InChI is InChI=1S/C19H22N4OS2/c24-18(23-10-3-5-14(12-23)17-7-8-21-22-17)16-6-2-1-4-15(16)13-26-19-20-9-11-25-19/h1-2,4,6-8,14H,3,5,9-13H2,(H,21,22). The Hall–Kier alpha value is -1.73. The van der Waals surface area contributed by atoms with Crippen LogP contribution in [0.15, 0.2) is 41.5 Å². The van der Waals surface area contributed by atoms with Gasteiger partial charge in [0.15, 0.2) is 0 Å². The monoisotopic (exact) mass is 386 g/mol. The Balaban J connectivity index is 1.47. The molecule has 7 heteroatoms. The number of nitrogens with zero attached hydrogens (tertiary/aromatic N) is 3. The van der Waals surface area contributed by atoms with Crippen LogP contribution in [0.5, 0.6) is 0 Å². The lowest BCUT2D eigenvalue weighted by Gasteiger charge is -2.32. The third-order valence-corrected chi connectivity index (χ3v) is 7.13. The van der Waals surface area contributed by atoms with Crippen molar-refractivity contribution in [2.75, 3.05) is 25.4 Å². The van der Waals surface area contributed by atoms with Gasteiger partial charge in [0, 0.05) is 48.0 Å². The van der Waals surface area contributed by atoms with Gasteiger partial charge < -0.3 is 4.90 Å². The van der Waals surface area contributed by atoms with Crippen LogP contribution in [0.25, 0.3) is 0 Å². The van der Waals surface area contributed by atoms with Gasteiger partial charge in [0.05, 0.1) is 6.54 Å². The van der Waals surface area contributed by atoms with Gasteiger partial charge in [0.2, 0.25) is 0 Å². The van der Waals surface area contributed by atoms with Crippen molar-refractivity contribution in [2.45, 2.75) is 24.5 Å². The van der Waals surface area contributed by atoms with E-state index in [-0.39, 0.29) is 5.91 Å². The first kappa shape index (κ1) is 17.7. The summed E-state index contributed by atoms with van der Waals surface area (Å²) >= 11 is 3.55. The minimum absolute atomic E-state index is 0.145. The highest BCUT2D eigenvalue weighted by molar-refractivity contribution is 8.38. The summed E-state index contributed by atoms with van der Waals surface area (Å²) in [7, 11) is 0. The number of nitrogens with one attached hydrogen (secondary N) is 1. The molecule has 3 heterocycles. The molecule has 0 radical (unpaired) electrons. The number of hydrogen-bond donors (Lipinski definition) is 1. The molecule has 0 aliphatic carbocycles. The molecule has 26 heavy (non-hydrogen) atoms. The summed E-state index contributed by atoms with van der Waals surface area (Å²) in [5, 5.41) is 7.12. The molecule has 1 amide bonds. The van der Waals surface area contributed by atoms with Crippen molar-refractivity contribution < 1.29 is 4.79 Å². The maximum atomic E-state index is 13.2. The molecule has 1 saturated heterocycles. The Labute approximate surface area is 162 Å². The highest BCUT2D eigenvalue weighted by Crippen LogP contribution is 2.29. The second-order valence-electron chi connectivity index (χ2n) is 6.54. The van der Waals surface area contributed by atoms with Crippen LogP contribution >= 0.6 is 23.5 Å².